The van der Waals surface area contributed by atoms with Gasteiger partial charge >= 0.3 is 0 Å². The Balaban J connectivity index is 1.45. The Labute approximate surface area is 172 Å². The molecule has 3 atom stereocenters. The molecule has 3 heterocycles. The van der Waals surface area contributed by atoms with Crippen LogP contribution in [0.5, 0.6) is 0 Å². The maximum absolute atomic E-state index is 12.9. The number of benzene rings is 1. The van der Waals surface area contributed by atoms with Crippen LogP contribution >= 0.6 is 0 Å². The van der Waals surface area contributed by atoms with Crippen molar-refractivity contribution in [2.45, 2.75) is 45.2 Å². The fraction of sp³-hybridized carbons (Fsp3) is 0.619. The first-order chi connectivity index (χ1) is 13.7. The molecule has 0 spiro atoms. The third-order valence-electron chi connectivity index (χ3n) is 6.58. The van der Waals surface area contributed by atoms with Gasteiger partial charge in [0.1, 0.15) is 5.92 Å². The molecule has 3 unspecified atom stereocenters. The average molecular weight is 420 g/mol. The Kier molecular flexibility index (Phi) is 5.42. The summed E-state index contributed by atoms with van der Waals surface area (Å²) in [5.41, 5.74) is 3.07. The zero-order valence-electron chi connectivity index (χ0n) is 17.1. The molecule has 0 aliphatic carbocycles. The molecule has 3 aliphatic rings. The summed E-state index contributed by atoms with van der Waals surface area (Å²) in [4.78, 5) is 29.7. The number of hydrogen-bond acceptors (Lipinski definition) is 5. The maximum atomic E-state index is 12.9. The molecule has 7 nitrogen and oxygen atoms in total. The average Bonchev–Trinajstić information content (AvgIpc) is 3.36. The van der Waals surface area contributed by atoms with Crippen molar-refractivity contribution in [2.75, 3.05) is 36.0 Å². The predicted molar refractivity (Wildman–Crippen MR) is 112 cm³/mol. The second-order valence-corrected chi connectivity index (χ2v) is 10.8. The van der Waals surface area contributed by atoms with Crippen LogP contribution in [0.1, 0.15) is 30.4 Å². The van der Waals surface area contributed by atoms with Gasteiger partial charge < -0.3 is 10.2 Å². The van der Waals surface area contributed by atoms with Crippen LogP contribution in [0, 0.1) is 19.8 Å². The molecule has 29 heavy (non-hydrogen) atoms. The minimum absolute atomic E-state index is 0.0400. The van der Waals surface area contributed by atoms with Crippen LogP contribution < -0.4 is 10.2 Å². The van der Waals surface area contributed by atoms with Crippen LogP contribution in [-0.4, -0.2) is 68.4 Å². The fourth-order valence-electron chi connectivity index (χ4n) is 4.76. The number of sulfone groups is 1. The summed E-state index contributed by atoms with van der Waals surface area (Å²) in [7, 11) is -3.18. The van der Waals surface area contributed by atoms with Crippen LogP contribution in [0.3, 0.4) is 0 Å². The van der Waals surface area contributed by atoms with Gasteiger partial charge in [-0.1, -0.05) is 6.07 Å². The predicted octanol–water partition coefficient (Wildman–Crippen LogP) is 1.03. The van der Waals surface area contributed by atoms with E-state index >= 15 is 0 Å². The highest BCUT2D eigenvalue weighted by Gasteiger charge is 2.45. The Hall–Kier alpha value is -1.93. The second-order valence-electron chi connectivity index (χ2n) is 8.60. The molecule has 3 saturated heterocycles. The number of nitrogens with one attached hydrogen (secondary N) is 1. The van der Waals surface area contributed by atoms with E-state index in [9.17, 15) is 18.0 Å². The molecule has 0 radical (unpaired) electrons. The quantitative estimate of drug-likeness (QED) is 0.737. The van der Waals surface area contributed by atoms with Gasteiger partial charge in [-0.25, -0.2) is 8.42 Å². The molecule has 2 amide bonds. The summed E-state index contributed by atoms with van der Waals surface area (Å²) in [5, 5.41) is 2.92. The number of carbonyl (C=O) groups excluding carboxylic acids is 2. The molecule has 1 aromatic rings. The minimum Gasteiger partial charge on any atom is -0.350 e. The Morgan fingerprint density at radius 3 is 2.48 bits per heavy atom. The summed E-state index contributed by atoms with van der Waals surface area (Å²) in [6.07, 6.45) is 2.57. The molecular formula is C21H29N3O4S. The molecule has 0 saturated carbocycles. The lowest BCUT2D eigenvalue weighted by molar-refractivity contribution is -0.132. The number of rotatable bonds is 4. The highest BCUT2D eigenvalue weighted by molar-refractivity contribution is 7.91. The normalized spacial score (nSPS) is 29.5. The first-order valence-electron chi connectivity index (χ1n) is 10.4. The third-order valence-corrected chi connectivity index (χ3v) is 8.30. The van der Waals surface area contributed by atoms with Crippen molar-refractivity contribution in [3.05, 3.63) is 29.3 Å². The molecule has 158 valence electrons. The highest BCUT2D eigenvalue weighted by Crippen LogP contribution is 2.28. The van der Waals surface area contributed by atoms with Crippen molar-refractivity contribution < 1.29 is 18.0 Å². The molecule has 3 aliphatic heterocycles. The van der Waals surface area contributed by atoms with Gasteiger partial charge in [-0.15, -0.1) is 0 Å². The van der Waals surface area contributed by atoms with Crippen molar-refractivity contribution in [1.82, 2.24) is 10.2 Å². The first-order valence-corrected chi connectivity index (χ1v) is 12.2. The van der Waals surface area contributed by atoms with Crippen molar-refractivity contribution >= 4 is 27.3 Å². The van der Waals surface area contributed by atoms with Crippen molar-refractivity contribution in [1.29, 1.82) is 0 Å². The molecular weight excluding hydrogens is 390 g/mol. The summed E-state index contributed by atoms with van der Waals surface area (Å²) >= 11 is 0. The van der Waals surface area contributed by atoms with Gasteiger partial charge in [-0.3, -0.25) is 14.5 Å². The maximum Gasteiger partial charge on any atom is 0.239 e. The SMILES string of the molecule is Cc1ccc(N2CCC(C(=O)NC3CS(=O)(=O)CC3N3CCCC3)C2=O)cc1C. The monoisotopic (exact) mass is 419 g/mol. The van der Waals surface area contributed by atoms with E-state index in [1.54, 1.807) is 4.90 Å². The van der Waals surface area contributed by atoms with E-state index in [2.05, 4.69) is 10.2 Å². The lowest BCUT2D eigenvalue weighted by Gasteiger charge is -2.29. The molecule has 1 N–H and O–H groups in total. The van der Waals surface area contributed by atoms with Gasteiger partial charge in [0.15, 0.2) is 9.84 Å². The van der Waals surface area contributed by atoms with Crippen LogP contribution in [0.25, 0.3) is 0 Å². The lowest BCUT2D eigenvalue weighted by atomic mass is 10.1. The Bertz CT molecular complexity index is 924. The molecule has 0 aromatic heterocycles. The van der Waals surface area contributed by atoms with Crippen LogP contribution in [0.15, 0.2) is 18.2 Å². The molecule has 3 fully saturated rings. The molecule has 8 heteroatoms. The van der Waals surface area contributed by atoms with Crippen LogP contribution in [0.2, 0.25) is 0 Å². The fourth-order valence-corrected chi connectivity index (χ4v) is 6.71. The summed E-state index contributed by atoms with van der Waals surface area (Å²) in [5.74, 6) is -1.25. The zero-order chi connectivity index (χ0) is 20.8. The van der Waals surface area contributed by atoms with Gasteiger partial charge in [0, 0.05) is 18.3 Å². The van der Waals surface area contributed by atoms with Gasteiger partial charge in [-0.05, 0) is 69.5 Å². The summed E-state index contributed by atoms with van der Waals surface area (Å²) in [6.45, 7) is 6.26. The molecule has 1 aromatic carbocycles. The topological polar surface area (TPSA) is 86.8 Å². The van der Waals surface area contributed by atoms with Crippen LogP contribution in [0.4, 0.5) is 5.69 Å². The van der Waals surface area contributed by atoms with E-state index in [-0.39, 0.29) is 29.4 Å². The van der Waals surface area contributed by atoms with Gasteiger partial charge in [0.05, 0.1) is 17.5 Å². The van der Waals surface area contributed by atoms with Crippen molar-refractivity contribution in [3.63, 3.8) is 0 Å². The summed E-state index contributed by atoms with van der Waals surface area (Å²) in [6, 6.07) is 5.25. The van der Waals surface area contributed by atoms with Gasteiger partial charge in [0.25, 0.3) is 0 Å². The third kappa shape index (κ3) is 4.05. The van der Waals surface area contributed by atoms with E-state index in [0.29, 0.717) is 13.0 Å². The smallest absolute Gasteiger partial charge is 0.239 e. The minimum atomic E-state index is -3.18. The first kappa shape index (κ1) is 20.3. The molecule has 0 bridgehead atoms. The van der Waals surface area contributed by atoms with Gasteiger partial charge in [0.2, 0.25) is 11.8 Å². The zero-order valence-corrected chi connectivity index (χ0v) is 17.9. The number of carbonyl (C=O) groups is 2. The molecule has 4 rings (SSSR count). The second kappa shape index (κ2) is 7.72. The Morgan fingerprint density at radius 1 is 1.07 bits per heavy atom. The number of hydrogen-bond donors (Lipinski definition) is 1. The van der Waals surface area contributed by atoms with Gasteiger partial charge in [-0.2, -0.15) is 0 Å². The van der Waals surface area contributed by atoms with E-state index in [1.807, 2.05) is 32.0 Å². The van der Waals surface area contributed by atoms with Crippen molar-refractivity contribution in [2.24, 2.45) is 5.92 Å². The van der Waals surface area contributed by atoms with E-state index in [4.69, 9.17) is 0 Å². The lowest BCUT2D eigenvalue weighted by Crippen LogP contribution is -2.52. The van der Waals surface area contributed by atoms with Crippen LogP contribution in [-0.2, 0) is 19.4 Å². The number of amides is 2. The number of likely N-dealkylation sites (tertiary alicyclic amines) is 1. The standard InChI is InChI=1S/C21H29N3O4S/c1-14-5-6-16(11-15(14)2)24-10-7-17(21(24)26)20(25)22-18-12-29(27,28)13-19(18)23-8-3-4-9-23/h5-6,11,17-19H,3-4,7-10,12-13H2,1-2H3,(H,22,25). The largest absolute Gasteiger partial charge is 0.350 e. The number of anilines is 1. The highest BCUT2D eigenvalue weighted by atomic mass is 32.2. The van der Waals surface area contributed by atoms with Crippen molar-refractivity contribution in [3.8, 4) is 0 Å². The number of nitrogens with zero attached hydrogens (tertiary/aromatic N) is 2. The Morgan fingerprint density at radius 2 is 1.79 bits per heavy atom. The van der Waals surface area contributed by atoms with E-state index in [1.165, 1.54) is 0 Å². The van der Waals surface area contributed by atoms with E-state index in [0.717, 1.165) is 42.7 Å². The van der Waals surface area contributed by atoms with E-state index < -0.39 is 21.8 Å². The number of aryl methyl sites for hydroxylation is 2. The summed E-state index contributed by atoms with van der Waals surface area (Å²) < 4.78 is 24.4.